The number of aryl methyl sites for hydroxylation is 1. The summed E-state index contributed by atoms with van der Waals surface area (Å²) in [6, 6.07) is 5.52. The standard InChI is InChI=1S/C13H15NO4/c1-3-14-9-6-8(2)4-5-10(9)18-11(13(14)17)7-12(15)16/h4-6,11H,3,7H2,1-2H3,(H,15,16). The normalized spacial score (nSPS) is 18.2. The Kier molecular flexibility index (Phi) is 3.23. The monoisotopic (exact) mass is 249 g/mol. The highest BCUT2D eigenvalue weighted by atomic mass is 16.5. The average Bonchev–Trinajstić information content (AvgIpc) is 2.30. The fourth-order valence-electron chi connectivity index (χ4n) is 2.05. The van der Waals surface area contributed by atoms with Crippen LogP contribution in [0, 0.1) is 6.92 Å². The van der Waals surface area contributed by atoms with Gasteiger partial charge in [-0.25, -0.2) is 0 Å². The highest BCUT2D eigenvalue weighted by molar-refractivity contribution is 6.01. The van der Waals surface area contributed by atoms with E-state index in [9.17, 15) is 9.59 Å². The van der Waals surface area contributed by atoms with Gasteiger partial charge in [-0.2, -0.15) is 0 Å². The molecule has 0 spiro atoms. The topological polar surface area (TPSA) is 66.8 Å². The van der Waals surface area contributed by atoms with Gasteiger partial charge in [0.25, 0.3) is 5.91 Å². The van der Waals surface area contributed by atoms with Crippen LogP contribution in [0.2, 0.25) is 0 Å². The molecule has 1 unspecified atom stereocenters. The number of rotatable bonds is 3. The minimum absolute atomic E-state index is 0.294. The first-order chi connectivity index (χ1) is 8.52. The molecule has 1 aromatic carbocycles. The highest BCUT2D eigenvalue weighted by Crippen LogP contribution is 2.35. The van der Waals surface area contributed by atoms with Crippen molar-refractivity contribution in [2.75, 3.05) is 11.4 Å². The second-order valence-electron chi connectivity index (χ2n) is 4.26. The summed E-state index contributed by atoms with van der Waals surface area (Å²) >= 11 is 0. The number of carbonyl (C=O) groups excluding carboxylic acids is 1. The molecule has 1 atom stereocenters. The van der Waals surface area contributed by atoms with E-state index in [0.29, 0.717) is 18.0 Å². The molecule has 0 saturated carbocycles. The molecule has 0 aromatic heterocycles. The lowest BCUT2D eigenvalue weighted by Crippen LogP contribution is -2.46. The van der Waals surface area contributed by atoms with E-state index in [1.54, 1.807) is 11.0 Å². The maximum absolute atomic E-state index is 12.1. The summed E-state index contributed by atoms with van der Waals surface area (Å²) in [6.07, 6.45) is -1.25. The lowest BCUT2D eigenvalue weighted by molar-refractivity contribution is -0.142. The zero-order chi connectivity index (χ0) is 13.3. The Hall–Kier alpha value is -2.04. The first-order valence-corrected chi connectivity index (χ1v) is 5.83. The van der Waals surface area contributed by atoms with Crippen molar-refractivity contribution in [2.45, 2.75) is 26.4 Å². The molecule has 5 nitrogen and oxygen atoms in total. The fraction of sp³-hybridized carbons (Fsp3) is 0.385. The van der Waals surface area contributed by atoms with E-state index in [4.69, 9.17) is 9.84 Å². The smallest absolute Gasteiger partial charge is 0.307 e. The average molecular weight is 249 g/mol. The summed E-state index contributed by atoms with van der Waals surface area (Å²) in [4.78, 5) is 24.4. The number of aliphatic carboxylic acids is 1. The predicted octanol–water partition coefficient (Wildman–Crippen LogP) is 1.58. The molecule has 0 aliphatic carbocycles. The van der Waals surface area contributed by atoms with E-state index < -0.39 is 12.1 Å². The Balaban J connectivity index is 2.39. The number of benzene rings is 1. The number of likely N-dealkylation sites (N-methyl/N-ethyl adjacent to an activating group) is 1. The minimum Gasteiger partial charge on any atom is -0.481 e. The SMILES string of the molecule is CCN1C(=O)C(CC(=O)O)Oc2ccc(C)cc21. The molecule has 1 aliphatic rings. The van der Waals surface area contributed by atoms with Crippen LogP contribution in [0.3, 0.4) is 0 Å². The first-order valence-electron chi connectivity index (χ1n) is 5.83. The Morgan fingerprint density at radius 3 is 2.83 bits per heavy atom. The molecule has 0 fully saturated rings. The Labute approximate surface area is 105 Å². The first kappa shape index (κ1) is 12.4. The number of hydrogen-bond donors (Lipinski definition) is 1. The van der Waals surface area contributed by atoms with Gasteiger partial charge in [-0.15, -0.1) is 0 Å². The molecule has 1 heterocycles. The molecule has 96 valence electrons. The molecule has 1 N–H and O–H groups in total. The van der Waals surface area contributed by atoms with Crippen LogP contribution in [-0.2, 0) is 9.59 Å². The Morgan fingerprint density at radius 1 is 1.50 bits per heavy atom. The molecule has 1 amide bonds. The largest absolute Gasteiger partial charge is 0.481 e. The van der Waals surface area contributed by atoms with Crippen LogP contribution in [0.4, 0.5) is 5.69 Å². The van der Waals surface area contributed by atoms with Gasteiger partial charge >= 0.3 is 5.97 Å². The second kappa shape index (κ2) is 4.68. The van der Waals surface area contributed by atoms with E-state index in [-0.39, 0.29) is 12.3 Å². The van der Waals surface area contributed by atoms with Gasteiger partial charge in [0.05, 0.1) is 12.1 Å². The number of hydrogen-bond acceptors (Lipinski definition) is 3. The van der Waals surface area contributed by atoms with Crippen LogP contribution in [0.5, 0.6) is 5.75 Å². The third-order valence-corrected chi connectivity index (χ3v) is 2.89. The molecule has 0 saturated heterocycles. The lowest BCUT2D eigenvalue weighted by atomic mass is 10.1. The van der Waals surface area contributed by atoms with Gasteiger partial charge in [0.2, 0.25) is 0 Å². The number of ether oxygens (including phenoxy) is 1. The van der Waals surface area contributed by atoms with Gasteiger partial charge in [-0.05, 0) is 31.5 Å². The number of anilines is 1. The third-order valence-electron chi connectivity index (χ3n) is 2.89. The summed E-state index contributed by atoms with van der Waals surface area (Å²) in [5.41, 5.74) is 1.74. The Morgan fingerprint density at radius 2 is 2.22 bits per heavy atom. The summed E-state index contributed by atoms with van der Waals surface area (Å²) in [7, 11) is 0. The van der Waals surface area contributed by atoms with Crippen LogP contribution in [0.1, 0.15) is 18.9 Å². The molecule has 0 bridgehead atoms. The maximum Gasteiger partial charge on any atom is 0.307 e. The maximum atomic E-state index is 12.1. The van der Waals surface area contributed by atoms with E-state index in [1.165, 1.54) is 0 Å². The molecule has 2 rings (SSSR count). The van der Waals surface area contributed by atoms with Gasteiger partial charge in [-0.1, -0.05) is 6.07 Å². The molecule has 18 heavy (non-hydrogen) atoms. The molecule has 1 aliphatic heterocycles. The number of nitrogens with zero attached hydrogens (tertiary/aromatic N) is 1. The summed E-state index contributed by atoms with van der Waals surface area (Å²) < 4.78 is 5.47. The fourth-order valence-corrected chi connectivity index (χ4v) is 2.05. The van der Waals surface area contributed by atoms with Crippen molar-refractivity contribution in [1.82, 2.24) is 0 Å². The predicted molar refractivity (Wildman–Crippen MR) is 65.9 cm³/mol. The van der Waals surface area contributed by atoms with Crippen LogP contribution in [-0.4, -0.2) is 29.6 Å². The zero-order valence-corrected chi connectivity index (χ0v) is 10.3. The van der Waals surface area contributed by atoms with E-state index in [1.807, 2.05) is 26.0 Å². The number of carbonyl (C=O) groups is 2. The third kappa shape index (κ3) is 2.16. The summed E-state index contributed by atoms with van der Waals surface area (Å²) in [5, 5.41) is 8.78. The number of carboxylic acid groups (broad SMARTS) is 1. The molecule has 1 aromatic rings. The quantitative estimate of drug-likeness (QED) is 0.883. The number of fused-ring (bicyclic) bond motifs is 1. The zero-order valence-electron chi connectivity index (χ0n) is 10.3. The van der Waals surface area contributed by atoms with E-state index in [0.717, 1.165) is 5.56 Å². The molecule has 5 heteroatoms. The van der Waals surface area contributed by atoms with Gasteiger partial charge in [0.15, 0.2) is 6.10 Å². The van der Waals surface area contributed by atoms with Gasteiger partial charge in [-0.3, -0.25) is 9.59 Å². The van der Waals surface area contributed by atoms with Crippen LogP contribution >= 0.6 is 0 Å². The number of amides is 1. The van der Waals surface area contributed by atoms with Crippen LogP contribution in [0.25, 0.3) is 0 Å². The van der Waals surface area contributed by atoms with Gasteiger partial charge in [0.1, 0.15) is 5.75 Å². The lowest BCUT2D eigenvalue weighted by Gasteiger charge is -2.33. The van der Waals surface area contributed by atoms with Gasteiger partial charge < -0.3 is 14.7 Å². The highest BCUT2D eigenvalue weighted by Gasteiger charge is 2.34. The Bertz CT molecular complexity index is 498. The van der Waals surface area contributed by atoms with Crippen LogP contribution < -0.4 is 9.64 Å². The minimum atomic E-state index is -1.04. The number of carboxylic acids is 1. The molecule has 0 radical (unpaired) electrons. The molecular weight excluding hydrogens is 234 g/mol. The van der Waals surface area contributed by atoms with E-state index in [2.05, 4.69) is 0 Å². The van der Waals surface area contributed by atoms with Crippen molar-refractivity contribution in [3.63, 3.8) is 0 Å². The van der Waals surface area contributed by atoms with Crippen molar-refractivity contribution in [3.05, 3.63) is 23.8 Å². The van der Waals surface area contributed by atoms with Crippen molar-refractivity contribution < 1.29 is 19.4 Å². The van der Waals surface area contributed by atoms with Crippen LogP contribution in [0.15, 0.2) is 18.2 Å². The van der Waals surface area contributed by atoms with Gasteiger partial charge in [0, 0.05) is 6.54 Å². The second-order valence-corrected chi connectivity index (χ2v) is 4.26. The van der Waals surface area contributed by atoms with Crippen molar-refractivity contribution >= 4 is 17.6 Å². The summed E-state index contributed by atoms with van der Waals surface area (Å²) in [5.74, 6) is -0.772. The van der Waals surface area contributed by atoms with Crippen molar-refractivity contribution in [2.24, 2.45) is 0 Å². The molecular formula is C13H15NO4. The summed E-state index contributed by atoms with van der Waals surface area (Å²) in [6.45, 7) is 4.28. The van der Waals surface area contributed by atoms with E-state index >= 15 is 0 Å². The van der Waals surface area contributed by atoms with Crippen molar-refractivity contribution in [3.8, 4) is 5.75 Å². The van der Waals surface area contributed by atoms with Crippen molar-refractivity contribution in [1.29, 1.82) is 0 Å².